The number of nitrogens with zero attached hydrogens (tertiary/aromatic N) is 3. The third-order valence-corrected chi connectivity index (χ3v) is 6.92. The van der Waals surface area contributed by atoms with Crippen LogP contribution in [0, 0.1) is 6.92 Å². The van der Waals surface area contributed by atoms with Gasteiger partial charge in [-0.2, -0.15) is 0 Å². The van der Waals surface area contributed by atoms with Gasteiger partial charge in [0.05, 0.1) is 17.3 Å². The smallest absolute Gasteiger partial charge is 0.407 e. The second-order valence-corrected chi connectivity index (χ2v) is 9.42. The first-order chi connectivity index (χ1) is 17.9. The number of piperazine rings is 1. The predicted molar refractivity (Wildman–Crippen MR) is 145 cm³/mol. The van der Waals surface area contributed by atoms with E-state index in [1.807, 2.05) is 103 Å². The summed E-state index contributed by atoms with van der Waals surface area (Å²) in [4.78, 5) is 29.3. The number of nitrogens with two attached hydrogens (primary N) is 1. The fraction of sp³-hybridized carbons (Fsp3) is 0.200. The van der Waals surface area contributed by atoms with Crippen LogP contribution >= 0.6 is 0 Å². The van der Waals surface area contributed by atoms with Crippen molar-refractivity contribution >= 4 is 17.7 Å². The Kier molecular flexibility index (Phi) is 6.68. The number of carboxylic acid groups (broad SMARTS) is 1. The second-order valence-electron chi connectivity index (χ2n) is 9.42. The topological polar surface area (TPSA) is 91.8 Å². The van der Waals surface area contributed by atoms with E-state index in [0.717, 1.165) is 28.2 Å². The van der Waals surface area contributed by atoms with E-state index < -0.39 is 6.09 Å². The molecule has 0 spiro atoms. The number of aryl methyl sites for hydroxylation is 1. The molecule has 1 aliphatic rings. The van der Waals surface area contributed by atoms with Gasteiger partial charge in [-0.15, -0.1) is 0 Å². The molecular formula is C30H30N4O3. The van der Waals surface area contributed by atoms with Crippen LogP contribution in [0.1, 0.15) is 21.6 Å². The van der Waals surface area contributed by atoms with Gasteiger partial charge in [0.25, 0.3) is 5.91 Å². The molecule has 3 N–H and O–H groups in total. The van der Waals surface area contributed by atoms with Gasteiger partial charge in [-0.1, -0.05) is 66.7 Å². The molecule has 1 aliphatic heterocycles. The summed E-state index contributed by atoms with van der Waals surface area (Å²) >= 11 is 0. The van der Waals surface area contributed by atoms with Crippen molar-refractivity contribution in [2.45, 2.75) is 19.4 Å². The van der Waals surface area contributed by atoms with Crippen LogP contribution < -0.4 is 5.73 Å². The summed E-state index contributed by atoms with van der Waals surface area (Å²) in [6.45, 7) is 2.86. The molecule has 1 fully saturated rings. The maximum Gasteiger partial charge on any atom is 0.407 e. The van der Waals surface area contributed by atoms with Gasteiger partial charge in [0.1, 0.15) is 0 Å². The van der Waals surface area contributed by atoms with Gasteiger partial charge in [-0.25, -0.2) is 4.79 Å². The Morgan fingerprint density at radius 3 is 2.30 bits per heavy atom. The molecular weight excluding hydrogens is 464 g/mol. The lowest BCUT2D eigenvalue weighted by atomic mass is 10.00. The number of carbonyl (C=O) groups is 2. The van der Waals surface area contributed by atoms with Crippen LogP contribution in [0.5, 0.6) is 0 Å². The lowest BCUT2D eigenvalue weighted by Crippen LogP contribution is -2.57. The van der Waals surface area contributed by atoms with Crippen LogP contribution in [0.3, 0.4) is 0 Å². The van der Waals surface area contributed by atoms with Crippen molar-refractivity contribution in [1.29, 1.82) is 0 Å². The van der Waals surface area contributed by atoms with E-state index >= 15 is 0 Å². The summed E-state index contributed by atoms with van der Waals surface area (Å²) in [7, 11) is 0. The fourth-order valence-corrected chi connectivity index (χ4v) is 5.19. The van der Waals surface area contributed by atoms with Crippen LogP contribution in [0.15, 0.2) is 91.0 Å². The molecule has 5 rings (SSSR count). The zero-order valence-electron chi connectivity index (χ0n) is 20.7. The highest BCUT2D eigenvalue weighted by molar-refractivity contribution is 6.01. The van der Waals surface area contributed by atoms with Crippen molar-refractivity contribution in [2.75, 3.05) is 25.4 Å². The lowest BCUT2D eigenvalue weighted by molar-refractivity contribution is 0.0451. The summed E-state index contributed by atoms with van der Waals surface area (Å²) in [6, 6.07) is 29.0. The molecule has 3 aromatic carbocycles. The predicted octanol–water partition coefficient (Wildman–Crippen LogP) is 5.08. The molecule has 0 radical (unpaired) electrons. The van der Waals surface area contributed by atoms with E-state index in [1.54, 1.807) is 0 Å². The monoisotopic (exact) mass is 494 g/mol. The fourth-order valence-electron chi connectivity index (χ4n) is 5.19. The number of nitrogen functional groups attached to an aromatic ring is 1. The van der Waals surface area contributed by atoms with Crippen LogP contribution in [0.4, 0.5) is 10.5 Å². The molecule has 0 aliphatic carbocycles. The van der Waals surface area contributed by atoms with Gasteiger partial charge in [0.15, 0.2) is 0 Å². The number of aromatic nitrogens is 1. The minimum Gasteiger partial charge on any atom is -0.465 e. The Bertz CT molecular complexity index is 1420. The summed E-state index contributed by atoms with van der Waals surface area (Å²) in [6.07, 6.45) is -0.384. The normalized spacial score (nSPS) is 15.5. The van der Waals surface area contributed by atoms with Crippen molar-refractivity contribution in [1.82, 2.24) is 14.4 Å². The first kappa shape index (κ1) is 24.2. The minimum absolute atomic E-state index is 0.101. The Balaban J connectivity index is 1.59. The molecule has 0 unspecified atom stereocenters. The van der Waals surface area contributed by atoms with E-state index in [-0.39, 0.29) is 25.0 Å². The number of rotatable bonds is 5. The van der Waals surface area contributed by atoms with Crippen molar-refractivity contribution < 1.29 is 14.7 Å². The number of amides is 2. The molecule has 0 saturated carbocycles. The van der Waals surface area contributed by atoms with E-state index in [2.05, 4.69) is 4.57 Å². The van der Waals surface area contributed by atoms with Gasteiger partial charge in [0.2, 0.25) is 0 Å². The van der Waals surface area contributed by atoms with Gasteiger partial charge in [0, 0.05) is 36.7 Å². The molecule has 7 heteroatoms. The SMILES string of the molecule is Cc1cc(C(=O)N2CCN(C(=O)O)C[C@H]2Cc2ccccc2)c(-c2ccccc2)n1-c1cccc(N)c1. The molecule has 188 valence electrons. The molecule has 2 amide bonds. The molecule has 7 nitrogen and oxygen atoms in total. The number of hydrogen-bond donors (Lipinski definition) is 2. The van der Waals surface area contributed by atoms with Crippen LogP contribution in [-0.4, -0.2) is 57.1 Å². The first-order valence-electron chi connectivity index (χ1n) is 12.4. The largest absolute Gasteiger partial charge is 0.465 e. The summed E-state index contributed by atoms with van der Waals surface area (Å²) in [5.41, 5.74) is 11.9. The van der Waals surface area contributed by atoms with Crippen molar-refractivity contribution in [2.24, 2.45) is 0 Å². The Hall–Kier alpha value is -4.52. The summed E-state index contributed by atoms with van der Waals surface area (Å²) in [5.74, 6) is -0.101. The van der Waals surface area contributed by atoms with Gasteiger partial charge >= 0.3 is 6.09 Å². The lowest BCUT2D eigenvalue weighted by Gasteiger charge is -2.40. The van der Waals surface area contributed by atoms with Crippen LogP contribution in [0.2, 0.25) is 0 Å². The maximum absolute atomic E-state index is 14.3. The van der Waals surface area contributed by atoms with Crippen molar-refractivity contribution in [3.8, 4) is 16.9 Å². The van der Waals surface area contributed by atoms with Crippen molar-refractivity contribution in [3.63, 3.8) is 0 Å². The standard InChI is InChI=1S/C30H30N4O3/c1-21-17-27(28(23-11-6-3-7-12-23)34(21)25-14-8-13-24(31)19-25)29(35)33-16-15-32(30(36)37)20-26(33)18-22-9-4-2-5-10-22/h2-14,17,19,26H,15-16,18,20,31H2,1H3,(H,36,37)/t26-/m1/s1. The van der Waals surface area contributed by atoms with E-state index in [4.69, 9.17) is 5.73 Å². The molecule has 1 aromatic heterocycles. The zero-order chi connectivity index (χ0) is 25.9. The summed E-state index contributed by atoms with van der Waals surface area (Å²) < 4.78 is 2.07. The highest BCUT2D eigenvalue weighted by atomic mass is 16.4. The summed E-state index contributed by atoms with van der Waals surface area (Å²) in [5, 5.41) is 9.65. The molecule has 4 aromatic rings. The highest BCUT2D eigenvalue weighted by Gasteiger charge is 2.35. The number of hydrogen-bond acceptors (Lipinski definition) is 3. The average Bonchev–Trinajstić information content (AvgIpc) is 3.26. The molecule has 37 heavy (non-hydrogen) atoms. The zero-order valence-corrected chi connectivity index (χ0v) is 20.7. The number of carbonyl (C=O) groups excluding carboxylic acids is 1. The average molecular weight is 495 g/mol. The molecule has 1 saturated heterocycles. The van der Waals surface area contributed by atoms with Crippen LogP contribution in [-0.2, 0) is 6.42 Å². The first-order valence-corrected chi connectivity index (χ1v) is 12.4. The third kappa shape index (κ3) is 4.93. The highest BCUT2D eigenvalue weighted by Crippen LogP contribution is 2.33. The number of anilines is 1. The number of benzene rings is 3. The Morgan fingerprint density at radius 2 is 1.62 bits per heavy atom. The quantitative estimate of drug-likeness (QED) is 0.379. The second kappa shape index (κ2) is 10.2. The Morgan fingerprint density at radius 1 is 0.919 bits per heavy atom. The third-order valence-electron chi connectivity index (χ3n) is 6.92. The van der Waals surface area contributed by atoms with Gasteiger partial charge in [-0.3, -0.25) is 4.79 Å². The maximum atomic E-state index is 14.3. The Labute approximate surface area is 216 Å². The van der Waals surface area contributed by atoms with E-state index in [0.29, 0.717) is 24.2 Å². The molecule has 2 heterocycles. The van der Waals surface area contributed by atoms with Gasteiger partial charge in [-0.05, 0) is 48.7 Å². The van der Waals surface area contributed by atoms with Crippen molar-refractivity contribution in [3.05, 3.63) is 108 Å². The van der Waals surface area contributed by atoms with E-state index in [9.17, 15) is 14.7 Å². The molecule has 0 bridgehead atoms. The van der Waals surface area contributed by atoms with Gasteiger partial charge < -0.3 is 25.2 Å². The molecule has 1 atom stereocenters. The van der Waals surface area contributed by atoms with E-state index in [1.165, 1.54) is 4.90 Å². The minimum atomic E-state index is -0.959. The van der Waals surface area contributed by atoms with Crippen LogP contribution in [0.25, 0.3) is 16.9 Å².